The molecule has 36 heavy (non-hydrogen) atoms. The molecule has 4 heteroatoms. The summed E-state index contributed by atoms with van der Waals surface area (Å²) in [5.74, 6) is 0. The van der Waals surface area contributed by atoms with Gasteiger partial charge in [0.05, 0.1) is 14.5 Å². The van der Waals surface area contributed by atoms with Crippen molar-refractivity contribution in [2.75, 3.05) is 0 Å². The Morgan fingerprint density at radius 3 is 2.14 bits per heavy atom. The average Bonchev–Trinajstić information content (AvgIpc) is 2.75. The highest BCUT2D eigenvalue weighted by Crippen LogP contribution is 2.53. The lowest BCUT2D eigenvalue weighted by Crippen LogP contribution is -2.37. The molecule has 0 atom stereocenters. The molecule has 0 N–H and O–H groups in total. The van der Waals surface area contributed by atoms with Crippen molar-refractivity contribution in [1.82, 2.24) is 0 Å². The third kappa shape index (κ3) is 4.61. The minimum atomic E-state index is 0.201. The summed E-state index contributed by atoms with van der Waals surface area (Å²) in [4.78, 5) is 2.88. The van der Waals surface area contributed by atoms with Gasteiger partial charge in [0.2, 0.25) is 5.69 Å². The third-order valence-corrected chi connectivity index (χ3v) is 11.7. The fourth-order valence-electron chi connectivity index (χ4n) is 5.73. The highest BCUT2D eigenvalue weighted by molar-refractivity contribution is 14.1. The predicted octanol–water partition coefficient (Wildman–Crippen LogP) is 9.95. The van der Waals surface area contributed by atoms with E-state index in [1.54, 1.807) is 0 Å². The van der Waals surface area contributed by atoms with Gasteiger partial charge in [-0.25, -0.2) is 0 Å². The second-order valence-corrected chi connectivity index (χ2v) is 16.1. The van der Waals surface area contributed by atoms with Crippen LogP contribution in [0.5, 0.6) is 0 Å². The minimum Gasteiger partial charge on any atom is -0.188 e. The van der Waals surface area contributed by atoms with Gasteiger partial charge in [-0.1, -0.05) is 77.1 Å². The third-order valence-electron chi connectivity index (χ3n) is 7.12. The van der Waals surface area contributed by atoms with Crippen LogP contribution in [0.15, 0.2) is 40.1 Å². The highest BCUT2D eigenvalue weighted by Gasteiger charge is 2.35. The van der Waals surface area contributed by atoms with E-state index in [1.807, 2.05) is 11.8 Å². The van der Waals surface area contributed by atoms with E-state index in [-0.39, 0.29) is 10.8 Å². The lowest BCUT2D eigenvalue weighted by Gasteiger charge is -2.29. The van der Waals surface area contributed by atoms with Crippen molar-refractivity contribution >= 4 is 78.5 Å². The number of fused-ring (bicyclic) bond motifs is 3. The van der Waals surface area contributed by atoms with Gasteiger partial charge in [-0.3, -0.25) is 0 Å². The van der Waals surface area contributed by atoms with E-state index in [9.17, 15) is 0 Å². The number of hydrogen-bond acceptors (Lipinski definition) is 1. The Labute approximate surface area is 248 Å². The maximum Gasteiger partial charge on any atom is 0.255 e. The number of benzene rings is 3. The van der Waals surface area contributed by atoms with E-state index >= 15 is 0 Å². The molecule has 0 saturated carbocycles. The minimum absolute atomic E-state index is 0.201. The van der Waals surface area contributed by atoms with Crippen LogP contribution in [-0.4, -0.2) is 0 Å². The average molecular weight is 721 g/mol. The molecule has 1 aromatic heterocycles. The van der Waals surface area contributed by atoms with Gasteiger partial charge in [0.25, 0.3) is 3.70 Å². The lowest BCUT2D eigenvalue weighted by atomic mass is 9.82. The Bertz CT molecular complexity index is 1570. The van der Waals surface area contributed by atoms with E-state index in [0.29, 0.717) is 0 Å². The van der Waals surface area contributed by atoms with Crippen molar-refractivity contribution in [3.8, 4) is 11.3 Å². The number of aromatic nitrogens is 1. The van der Waals surface area contributed by atoms with E-state index < -0.39 is 0 Å². The van der Waals surface area contributed by atoms with Gasteiger partial charge >= 0.3 is 0 Å². The molecule has 0 bridgehead atoms. The fourth-order valence-corrected chi connectivity index (χ4v) is 8.44. The van der Waals surface area contributed by atoms with Crippen molar-refractivity contribution in [3.63, 3.8) is 0 Å². The maximum atomic E-state index is 2.57. The zero-order valence-electron chi connectivity index (χ0n) is 22.9. The summed E-state index contributed by atoms with van der Waals surface area (Å²) in [6, 6.07) is 12.0. The van der Waals surface area contributed by atoms with Crippen molar-refractivity contribution in [3.05, 3.63) is 59.9 Å². The first kappa shape index (κ1) is 26.7. The van der Waals surface area contributed by atoms with Crippen LogP contribution in [0, 0.1) is 31.9 Å². The van der Waals surface area contributed by atoms with Gasteiger partial charge in [0.1, 0.15) is 7.05 Å². The molecule has 1 aliphatic rings. The number of rotatable bonds is 2. The first-order chi connectivity index (χ1) is 16.7. The zero-order valence-corrected chi connectivity index (χ0v) is 28.0. The van der Waals surface area contributed by atoms with Crippen LogP contribution in [0.25, 0.3) is 32.8 Å². The van der Waals surface area contributed by atoms with Gasteiger partial charge in [0.15, 0.2) is 0 Å². The van der Waals surface area contributed by atoms with Gasteiger partial charge in [0, 0.05) is 37.8 Å². The molecule has 1 nitrogen and oxygen atoms in total. The first-order valence-electron chi connectivity index (χ1n) is 12.7. The van der Waals surface area contributed by atoms with Crippen LogP contribution < -0.4 is 4.57 Å². The van der Waals surface area contributed by atoms with Crippen LogP contribution in [0.1, 0.15) is 63.8 Å². The Morgan fingerprint density at radius 2 is 1.50 bits per heavy atom. The summed E-state index contributed by atoms with van der Waals surface area (Å²) in [5.41, 5.74) is 8.98. The van der Waals surface area contributed by atoms with E-state index in [2.05, 4.69) is 143 Å². The van der Waals surface area contributed by atoms with E-state index in [1.165, 1.54) is 72.1 Å². The van der Waals surface area contributed by atoms with E-state index in [0.717, 1.165) is 12.8 Å². The summed E-state index contributed by atoms with van der Waals surface area (Å²) in [6.45, 7) is 18.7. The molecular weight excluding hydrogens is 684 g/mol. The molecule has 3 aromatic carbocycles. The Kier molecular flexibility index (Phi) is 6.77. The lowest BCUT2D eigenvalue weighted by molar-refractivity contribution is -0.673. The monoisotopic (exact) mass is 720 g/mol. The van der Waals surface area contributed by atoms with Gasteiger partial charge < -0.3 is 0 Å². The van der Waals surface area contributed by atoms with Crippen LogP contribution >= 0.6 is 56.9 Å². The predicted molar refractivity (Wildman–Crippen MR) is 173 cm³/mol. The normalized spacial score (nSPS) is 13.5. The van der Waals surface area contributed by atoms with Crippen LogP contribution in [0.4, 0.5) is 0 Å². The summed E-state index contributed by atoms with van der Waals surface area (Å²) in [5, 5.41) is 5.66. The quantitative estimate of drug-likeness (QED) is 0.0998. The molecule has 0 saturated heterocycles. The second kappa shape index (κ2) is 9.11. The summed E-state index contributed by atoms with van der Waals surface area (Å²) < 4.78 is 5.12. The number of hydrogen-bond donors (Lipinski definition) is 0. The van der Waals surface area contributed by atoms with Crippen molar-refractivity contribution in [1.29, 1.82) is 0 Å². The molecule has 188 valence electrons. The fraction of sp³-hybridized carbons (Fsp3) is 0.406. The summed E-state index contributed by atoms with van der Waals surface area (Å²) in [6.07, 6.45) is 2.14. The molecule has 0 fully saturated rings. The molecule has 0 radical (unpaired) electrons. The smallest absolute Gasteiger partial charge is 0.188 e. The van der Waals surface area contributed by atoms with Crippen LogP contribution in [0.3, 0.4) is 0 Å². The molecule has 5 rings (SSSR count). The second-order valence-electron chi connectivity index (χ2n) is 13.0. The van der Waals surface area contributed by atoms with Crippen molar-refractivity contribution < 1.29 is 4.57 Å². The molecule has 0 unspecified atom stereocenters. The number of pyridine rings is 1. The SMILES string of the molecule is Cc1ccc2c(C)c3c(c(CC(C)(C)C)c2c1)Sc1cc(CC(C)(C)C)cc2c(I)c(I)[n+](C)c-3c12. The number of halogens is 2. The molecule has 2 heterocycles. The summed E-state index contributed by atoms with van der Waals surface area (Å²) >= 11 is 7.14. The van der Waals surface area contributed by atoms with E-state index in [4.69, 9.17) is 0 Å². The standard InChI is InChI=1S/C32H36I2NS/c1-17-10-11-20-18(2)25-28-26-22(27(33)30(34)35(28)9)13-19(15-31(3,4)5)14-24(26)36-29(25)23(21(20)12-17)16-32(6,7)8/h10-14H,15-16H2,1-9H3/q+1. The first-order valence-corrected chi connectivity index (χ1v) is 15.7. The maximum absolute atomic E-state index is 2.57. The van der Waals surface area contributed by atoms with Crippen LogP contribution in [-0.2, 0) is 19.9 Å². The van der Waals surface area contributed by atoms with Crippen molar-refractivity contribution in [2.45, 2.75) is 78.0 Å². The topological polar surface area (TPSA) is 3.88 Å². The van der Waals surface area contributed by atoms with Crippen molar-refractivity contribution in [2.24, 2.45) is 17.9 Å². The van der Waals surface area contributed by atoms with Gasteiger partial charge in [-0.15, -0.1) is 0 Å². The van der Waals surface area contributed by atoms with Gasteiger partial charge in [-0.05, 0) is 99.7 Å². The number of aryl methyl sites for hydroxylation is 2. The Balaban J connectivity index is 1.96. The Morgan fingerprint density at radius 1 is 0.833 bits per heavy atom. The largest absolute Gasteiger partial charge is 0.255 e. The molecule has 4 aromatic rings. The van der Waals surface area contributed by atoms with Gasteiger partial charge in [-0.2, -0.15) is 4.57 Å². The molecule has 0 amide bonds. The molecule has 0 aliphatic carbocycles. The highest BCUT2D eigenvalue weighted by atomic mass is 127. The number of nitrogens with zero attached hydrogens (tertiary/aromatic N) is 1. The molecular formula is C32H36I2NS+. The summed E-state index contributed by atoms with van der Waals surface area (Å²) in [7, 11) is 2.26. The zero-order chi connectivity index (χ0) is 26.3. The van der Waals surface area contributed by atoms with Crippen LogP contribution in [0.2, 0.25) is 0 Å². The molecule has 1 aliphatic heterocycles. The molecule has 0 spiro atoms. The Hall–Kier alpha value is -0.860.